The Bertz CT molecular complexity index is 2990. The number of para-hydroxylation sites is 1. The standard InChI is InChI=1S/C57H55N3O15S/c1-6-50(61)68-31-12-11-30-67-35-46(72-52(63)8-3)36-70-43-22-16-41(17-23-43)55(66)74-48-28-15-38(33-42(48)34-58-60-56-59-47-13-9-10-14-49(47)76-56)29-32-69-53(64)39-18-24-44(25-19-39)73-54(65)40-20-26-45(27-21-40)75-57(4,5)37-71-51(62)7-2/h6-10,13-28,33-34,46H,1-3,11-12,29-32,35-37H2,4-5H3,(H,59,60)/b58-34+. The molecular formula is C57H55N3O15S. The summed E-state index contributed by atoms with van der Waals surface area (Å²) in [5, 5.41) is 4.93. The number of ether oxygens (including phenoxy) is 9. The van der Waals surface area contributed by atoms with E-state index in [1.165, 1.54) is 66.1 Å². The number of carbonyl (C=O) groups is 6. The Kier molecular flexibility index (Phi) is 21.1. The summed E-state index contributed by atoms with van der Waals surface area (Å²) in [6.07, 6.45) is 5.39. The van der Waals surface area contributed by atoms with Crippen molar-refractivity contribution in [2.75, 3.05) is 45.1 Å². The number of esters is 6. The van der Waals surface area contributed by atoms with E-state index in [1.807, 2.05) is 24.3 Å². The lowest BCUT2D eigenvalue weighted by Crippen LogP contribution is -2.35. The van der Waals surface area contributed by atoms with Gasteiger partial charge in [0.05, 0.1) is 52.9 Å². The number of hydrazone groups is 1. The molecule has 0 saturated heterocycles. The minimum atomic E-state index is -0.839. The predicted octanol–water partition coefficient (Wildman–Crippen LogP) is 9.47. The Balaban J connectivity index is 1.03. The van der Waals surface area contributed by atoms with Crippen LogP contribution in [0.2, 0.25) is 0 Å². The van der Waals surface area contributed by atoms with Crippen LogP contribution in [0.25, 0.3) is 10.2 Å². The third-order valence-electron chi connectivity index (χ3n) is 10.4. The molecule has 5 aromatic carbocycles. The summed E-state index contributed by atoms with van der Waals surface area (Å²) >= 11 is 1.42. The minimum absolute atomic E-state index is 0.00157. The summed E-state index contributed by atoms with van der Waals surface area (Å²) < 4.78 is 50.8. The van der Waals surface area contributed by atoms with Gasteiger partial charge in [-0.3, -0.25) is 5.43 Å². The molecular weight excluding hydrogens is 999 g/mol. The first-order chi connectivity index (χ1) is 36.7. The molecule has 1 aromatic heterocycles. The second-order valence-electron chi connectivity index (χ2n) is 16.9. The first-order valence-electron chi connectivity index (χ1n) is 23.7. The van der Waals surface area contributed by atoms with Crippen LogP contribution in [0, 0.1) is 0 Å². The van der Waals surface area contributed by atoms with Crippen LogP contribution in [-0.4, -0.2) is 98.4 Å². The van der Waals surface area contributed by atoms with Crippen molar-refractivity contribution >= 4 is 68.7 Å². The van der Waals surface area contributed by atoms with Crippen molar-refractivity contribution in [3.63, 3.8) is 0 Å². The van der Waals surface area contributed by atoms with Gasteiger partial charge < -0.3 is 42.6 Å². The molecule has 6 rings (SSSR count). The van der Waals surface area contributed by atoms with Gasteiger partial charge in [-0.2, -0.15) is 5.10 Å². The molecule has 1 atom stereocenters. The third kappa shape index (κ3) is 18.2. The number of anilines is 1. The second-order valence-corrected chi connectivity index (χ2v) is 17.9. The van der Waals surface area contributed by atoms with Crippen LogP contribution < -0.4 is 24.4 Å². The number of hydrogen-bond acceptors (Lipinski definition) is 19. The number of aromatic nitrogens is 1. The molecule has 0 bridgehead atoms. The highest BCUT2D eigenvalue weighted by Crippen LogP contribution is 2.27. The number of unbranched alkanes of at least 4 members (excludes halogenated alkanes) is 1. The highest BCUT2D eigenvalue weighted by atomic mass is 32.1. The maximum Gasteiger partial charge on any atom is 0.343 e. The van der Waals surface area contributed by atoms with Gasteiger partial charge in [0.2, 0.25) is 5.13 Å². The Morgan fingerprint density at radius 2 is 1.28 bits per heavy atom. The average molecular weight is 1050 g/mol. The molecule has 0 spiro atoms. The van der Waals surface area contributed by atoms with Crippen molar-refractivity contribution in [1.82, 2.24) is 4.98 Å². The van der Waals surface area contributed by atoms with Crippen LogP contribution in [-0.2, 0) is 44.5 Å². The maximum absolute atomic E-state index is 13.5. The normalized spacial score (nSPS) is 11.4. The summed E-state index contributed by atoms with van der Waals surface area (Å²) in [5.74, 6) is -2.36. The molecule has 0 fully saturated rings. The van der Waals surface area contributed by atoms with E-state index in [0.29, 0.717) is 48.1 Å². The van der Waals surface area contributed by atoms with Gasteiger partial charge in [-0.1, -0.05) is 49.3 Å². The number of nitrogens with one attached hydrogen (secondary N) is 1. The van der Waals surface area contributed by atoms with Crippen molar-refractivity contribution < 1.29 is 71.4 Å². The fourth-order valence-corrected chi connectivity index (χ4v) is 7.44. The molecule has 0 aliphatic rings. The molecule has 0 amide bonds. The first kappa shape index (κ1) is 56.4. The van der Waals surface area contributed by atoms with Crippen molar-refractivity contribution in [2.45, 2.75) is 44.8 Å². The van der Waals surface area contributed by atoms with E-state index in [0.717, 1.165) is 34.0 Å². The van der Waals surface area contributed by atoms with Gasteiger partial charge in [0, 0.05) is 36.8 Å². The van der Waals surface area contributed by atoms with Gasteiger partial charge >= 0.3 is 35.8 Å². The highest BCUT2D eigenvalue weighted by Gasteiger charge is 2.23. The molecule has 6 aromatic rings. The fourth-order valence-electron chi connectivity index (χ4n) is 6.62. The molecule has 0 aliphatic heterocycles. The van der Waals surface area contributed by atoms with Crippen LogP contribution in [0.1, 0.15) is 68.9 Å². The number of carbonyl (C=O) groups excluding carboxylic acids is 6. The van der Waals surface area contributed by atoms with E-state index < -0.39 is 47.5 Å². The van der Waals surface area contributed by atoms with Crippen molar-refractivity contribution in [2.24, 2.45) is 5.10 Å². The molecule has 0 saturated carbocycles. The van der Waals surface area contributed by atoms with Crippen LogP contribution in [0.5, 0.6) is 23.0 Å². The number of fused-ring (bicyclic) bond motifs is 1. The lowest BCUT2D eigenvalue weighted by Gasteiger charge is -2.25. The molecule has 0 radical (unpaired) electrons. The predicted molar refractivity (Wildman–Crippen MR) is 283 cm³/mol. The summed E-state index contributed by atoms with van der Waals surface area (Å²) in [6.45, 7) is 14.2. The zero-order valence-electron chi connectivity index (χ0n) is 41.8. The molecule has 76 heavy (non-hydrogen) atoms. The van der Waals surface area contributed by atoms with Gasteiger partial charge in [-0.25, -0.2) is 33.8 Å². The maximum atomic E-state index is 13.5. The Morgan fingerprint density at radius 1 is 0.658 bits per heavy atom. The molecule has 0 aliphatic carbocycles. The number of nitrogens with zero attached hydrogens (tertiary/aromatic N) is 2. The van der Waals surface area contributed by atoms with Crippen molar-refractivity contribution in [1.29, 1.82) is 0 Å². The zero-order valence-corrected chi connectivity index (χ0v) is 42.6. The van der Waals surface area contributed by atoms with Gasteiger partial charge in [0.1, 0.15) is 41.8 Å². The lowest BCUT2D eigenvalue weighted by atomic mass is 10.1. The molecule has 1 heterocycles. The molecule has 394 valence electrons. The second kappa shape index (κ2) is 28.5. The van der Waals surface area contributed by atoms with E-state index in [-0.39, 0.29) is 61.2 Å². The highest BCUT2D eigenvalue weighted by molar-refractivity contribution is 7.22. The van der Waals surface area contributed by atoms with Gasteiger partial charge in [0.15, 0.2) is 6.10 Å². The SMILES string of the molecule is C=CC(=O)OCCCCOCC(COc1ccc(C(=O)Oc2ccc(CCOC(=O)c3ccc(OC(=O)c4ccc(OC(C)(C)COC(=O)C=C)cc4)cc3)cc2/C=N/Nc2nc3ccccc3s2)cc1)OC(=O)C=C. The summed E-state index contributed by atoms with van der Waals surface area (Å²) in [6, 6.07) is 31.2. The smallest absolute Gasteiger partial charge is 0.343 e. The van der Waals surface area contributed by atoms with E-state index in [9.17, 15) is 28.8 Å². The minimum Gasteiger partial charge on any atom is -0.490 e. The number of benzene rings is 5. The lowest BCUT2D eigenvalue weighted by molar-refractivity contribution is -0.148. The molecule has 18 nitrogen and oxygen atoms in total. The summed E-state index contributed by atoms with van der Waals surface area (Å²) in [5.41, 5.74) is 4.80. The fraction of sp³-hybridized carbons (Fsp3) is 0.228. The topological polar surface area (TPSA) is 223 Å². The molecule has 1 N–H and O–H groups in total. The third-order valence-corrected chi connectivity index (χ3v) is 11.4. The quantitative estimate of drug-likeness (QED) is 0.00878. The first-order valence-corrected chi connectivity index (χ1v) is 24.5. The molecule has 19 heteroatoms. The Morgan fingerprint density at radius 3 is 1.96 bits per heavy atom. The zero-order chi connectivity index (χ0) is 54.3. The summed E-state index contributed by atoms with van der Waals surface area (Å²) in [4.78, 5) is 78.6. The van der Waals surface area contributed by atoms with E-state index in [1.54, 1.807) is 56.3 Å². The van der Waals surface area contributed by atoms with Crippen molar-refractivity contribution in [3.05, 3.63) is 181 Å². The van der Waals surface area contributed by atoms with Gasteiger partial charge in [0.25, 0.3) is 0 Å². The van der Waals surface area contributed by atoms with Crippen LogP contribution in [0.4, 0.5) is 5.13 Å². The molecule has 1 unspecified atom stereocenters. The monoisotopic (exact) mass is 1050 g/mol. The Hall–Kier alpha value is -8.94. The largest absolute Gasteiger partial charge is 0.490 e. The van der Waals surface area contributed by atoms with Crippen LogP contribution in [0.3, 0.4) is 0 Å². The van der Waals surface area contributed by atoms with Crippen LogP contribution >= 0.6 is 11.3 Å². The Labute approximate surface area is 442 Å². The van der Waals surface area contributed by atoms with E-state index in [4.69, 9.17) is 42.6 Å². The number of hydrogen-bond donors (Lipinski definition) is 1. The number of thiazole rings is 1. The van der Waals surface area contributed by atoms with Gasteiger partial charge in [-0.15, -0.1) is 0 Å². The van der Waals surface area contributed by atoms with Gasteiger partial charge in [-0.05, 0) is 129 Å². The summed E-state index contributed by atoms with van der Waals surface area (Å²) in [7, 11) is 0. The number of rotatable bonds is 29. The van der Waals surface area contributed by atoms with E-state index in [2.05, 4.69) is 35.2 Å². The van der Waals surface area contributed by atoms with Crippen molar-refractivity contribution in [3.8, 4) is 23.0 Å². The van der Waals surface area contributed by atoms with Crippen LogP contribution in [0.15, 0.2) is 158 Å². The van der Waals surface area contributed by atoms with E-state index >= 15 is 0 Å². The average Bonchev–Trinajstić information content (AvgIpc) is 3.85.